The van der Waals surface area contributed by atoms with E-state index in [4.69, 9.17) is 8.74 Å². The second-order valence-corrected chi connectivity index (χ2v) is 8.70. The molecule has 0 aromatic carbocycles. The fourth-order valence-corrected chi connectivity index (χ4v) is 3.68. The molecule has 0 aliphatic carbocycles. The lowest BCUT2D eigenvalue weighted by atomic mass is 10.0. The third-order valence-electron chi connectivity index (χ3n) is 4.80. The van der Waals surface area contributed by atoms with Gasteiger partial charge in [0.25, 0.3) is 0 Å². The Balaban J connectivity index is 3.83. The van der Waals surface area contributed by atoms with Gasteiger partial charge in [-0.05, 0) is 19.3 Å². The first-order valence-corrected chi connectivity index (χ1v) is 12.0. The molecule has 0 heterocycles. The van der Waals surface area contributed by atoms with E-state index in [1.807, 2.05) is 0 Å². The summed E-state index contributed by atoms with van der Waals surface area (Å²) in [6, 6.07) is 0. The summed E-state index contributed by atoms with van der Waals surface area (Å²) in [6.07, 6.45) is 14.4. The van der Waals surface area contributed by atoms with Gasteiger partial charge in [0.15, 0.2) is 0 Å². The molecule has 6 nitrogen and oxygen atoms in total. The number of amides is 1. The van der Waals surface area contributed by atoms with E-state index in [-0.39, 0.29) is 5.91 Å². The van der Waals surface area contributed by atoms with Crippen LogP contribution in [0, 0.1) is 0 Å². The maximum atomic E-state index is 11.5. The van der Waals surface area contributed by atoms with E-state index in [0.29, 0.717) is 19.3 Å². The van der Waals surface area contributed by atoms with Gasteiger partial charge in [-0.3, -0.25) is 9.35 Å². The molecule has 7 heteroatoms. The summed E-state index contributed by atoms with van der Waals surface area (Å²) in [7, 11) is -0.828. The summed E-state index contributed by atoms with van der Waals surface area (Å²) in [6.45, 7) is 2.18. The van der Waals surface area contributed by atoms with Gasteiger partial charge in [-0.2, -0.15) is 8.42 Å². The molecule has 0 aliphatic heterocycles. The van der Waals surface area contributed by atoms with E-state index in [9.17, 15) is 13.2 Å². The average molecular weight is 408 g/mol. The van der Waals surface area contributed by atoms with E-state index in [1.54, 1.807) is 19.0 Å². The highest BCUT2D eigenvalue weighted by Crippen LogP contribution is 2.18. The minimum absolute atomic E-state index is 0.176. The molecule has 0 aromatic rings. The number of hydrogen-bond donors (Lipinski definition) is 1. The molecule has 1 unspecified atom stereocenters. The van der Waals surface area contributed by atoms with Crippen molar-refractivity contribution in [3.63, 3.8) is 0 Å². The standard InChI is InChI=1S/C20H41NO5S/c1-4-5-6-7-10-13-16-19(26-27(23,24)25)17-14-11-8-9-12-15-18-20(22)21(2)3/h19H,4-18H2,1-3H3,(H,23,24,25). The summed E-state index contributed by atoms with van der Waals surface area (Å²) in [4.78, 5) is 13.1. The van der Waals surface area contributed by atoms with Crippen LogP contribution in [0.1, 0.15) is 103 Å². The lowest BCUT2D eigenvalue weighted by molar-refractivity contribution is -0.128. The highest BCUT2D eigenvalue weighted by Gasteiger charge is 2.16. The predicted octanol–water partition coefficient (Wildman–Crippen LogP) is 5.13. The van der Waals surface area contributed by atoms with Crippen molar-refractivity contribution in [1.82, 2.24) is 4.90 Å². The highest BCUT2D eigenvalue weighted by atomic mass is 32.3. The Hall–Kier alpha value is -0.660. The molecule has 0 radical (unpaired) electrons. The monoisotopic (exact) mass is 407 g/mol. The molecule has 162 valence electrons. The first kappa shape index (κ1) is 26.3. The van der Waals surface area contributed by atoms with Gasteiger partial charge in [0.1, 0.15) is 0 Å². The molecule has 0 saturated heterocycles. The van der Waals surface area contributed by atoms with E-state index in [0.717, 1.165) is 51.4 Å². The Morgan fingerprint density at radius 2 is 1.30 bits per heavy atom. The molecule has 0 spiro atoms. The van der Waals surface area contributed by atoms with Crippen molar-refractivity contribution in [2.24, 2.45) is 0 Å². The van der Waals surface area contributed by atoms with Crippen molar-refractivity contribution >= 4 is 16.3 Å². The van der Waals surface area contributed by atoms with Gasteiger partial charge in [-0.1, -0.05) is 77.6 Å². The molecular weight excluding hydrogens is 366 g/mol. The Kier molecular flexibility index (Phi) is 15.9. The van der Waals surface area contributed by atoms with Crippen molar-refractivity contribution in [1.29, 1.82) is 0 Å². The predicted molar refractivity (Wildman–Crippen MR) is 110 cm³/mol. The molecule has 27 heavy (non-hydrogen) atoms. The lowest BCUT2D eigenvalue weighted by Gasteiger charge is -2.15. The molecular formula is C20H41NO5S. The zero-order valence-corrected chi connectivity index (χ0v) is 18.4. The van der Waals surface area contributed by atoms with Gasteiger partial charge >= 0.3 is 10.4 Å². The normalized spacial score (nSPS) is 12.9. The number of nitrogens with zero attached hydrogens (tertiary/aromatic N) is 1. The molecule has 0 fully saturated rings. The van der Waals surface area contributed by atoms with Crippen molar-refractivity contribution < 1.29 is 21.9 Å². The van der Waals surface area contributed by atoms with E-state index < -0.39 is 16.5 Å². The number of hydrogen-bond acceptors (Lipinski definition) is 4. The van der Waals surface area contributed by atoms with Crippen LogP contribution in [-0.4, -0.2) is 44.0 Å². The van der Waals surface area contributed by atoms with Gasteiger partial charge in [0, 0.05) is 20.5 Å². The highest BCUT2D eigenvalue weighted by molar-refractivity contribution is 7.80. The van der Waals surface area contributed by atoms with Gasteiger partial charge in [-0.15, -0.1) is 0 Å². The maximum absolute atomic E-state index is 11.5. The van der Waals surface area contributed by atoms with Gasteiger partial charge < -0.3 is 4.90 Å². The molecule has 0 saturated carbocycles. The topological polar surface area (TPSA) is 83.9 Å². The summed E-state index contributed by atoms with van der Waals surface area (Å²) < 4.78 is 35.9. The number of rotatable bonds is 18. The minimum Gasteiger partial charge on any atom is -0.349 e. The van der Waals surface area contributed by atoms with Gasteiger partial charge in [0.2, 0.25) is 5.91 Å². The van der Waals surface area contributed by atoms with Crippen molar-refractivity contribution in [2.45, 2.75) is 109 Å². The maximum Gasteiger partial charge on any atom is 0.397 e. The van der Waals surface area contributed by atoms with Gasteiger partial charge in [0.05, 0.1) is 6.10 Å². The van der Waals surface area contributed by atoms with Crippen LogP contribution in [0.3, 0.4) is 0 Å². The second-order valence-electron chi connectivity index (χ2n) is 7.65. The SMILES string of the molecule is CCCCCCCCC(CCCCCCCCC(=O)N(C)C)OS(=O)(=O)O. The summed E-state index contributed by atoms with van der Waals surface area (Å²) >= 11 is 0. The molecule has 1 N–H and O–H groups in total. The number of carbonyl (C=O) groups excluding carboxylic acids is 1. The third kappa shape index (κ3) is 18.5. The molecule has 0 bridgehead atoms. The third-order valence-corrected chi connectivity index (χ3v) is 5.32. The van der Waals surface area contributed by atoms with Crippen LogP contribution in [0.5, 0.6) is 0 Å². The van der Waals surface area contributed by atoms with Crippen LogP contribution >= 0.6 is 0 Å². The Bertz CT molecular complexity index is 465. The minimum atomic E-state index is -4.38. The van der Waals surface area contributed by atoms with E-state index in [1.165, 1.54) is 25.7 Å². The van der Waals surface area contributed by atoms with Crippen LogP contribution in [0.15, 0.2) is 0 Å². The number of carbonyl (C=O) groups is 1. The first-order chi connectivity index (χ1) is 12.8. The van der Waals surface area contributed by atoms with E-state index >= 15 is 0 Å². The molecule has 0 aromatic heterocycles. The Morgan fingerprint density at radius 1 is 0.852 bits per heavy atom. The van der Waals surface area contributed by atoms with Gasteiger partial charge in [-0.25, -0.2) is 4.18 Å². The Labute approximate surface area is 167 Å². The van der Waals surface area contributed by atoms with Crippen molar-refractivity contribution in [3.8, 4) is 0 Å². The summed E-state index contributed by atoms with van der Waals surface area (Å²) in [5.74, 6) is 0.176. The molecule has 0 rings (SSSR count). The fourth-order valence-electron chi connectivity index (χ4n) is 3.14. The zero-order chi connectivity index (χ0) is 20.5. The van der Waals surface area contributed by atoms with Crippen LogP contribution in [0.25, 0.3) is 0 Å². The van der Waals surface area contributed by atoms with Crippen LogP contribution in [0.4, 0.5) is 0 Å². The second kappa shape index (κ2) is 16.3. The lowest BCUT2D eigenvalue weighted by Crippen LogP contribution is -2.20. The summed E-state index contributed by atoms with van der Waals surface area (Å²) in [5, 5.41) is 0. The summed E-state index contributed by atoms with van der Waals surface area (Å²) in [5.41, 5.74) is 0. The van der Waals surface area contributed by atoms with E-state index in [2.05, 4.69) is 6.92 Å². The van der Waals surface area contributed by atoms with Crippen LogP contribution < -0.4 is 0 Å². The Morgan fingerprint density at radius 3 is 1.74 bits per heavy atom. The first-order valence-electron chi connectivity index (χ1n) is 10.6. The number of unbranched alkanes of at least 4 members (excludes halogenated alkanes) is 10. The van der Waals surface area contributed by atoms with Crippen molar-refractivity contribution in [2.75, 3.05) is 14.1 Å². The fraction of sp³-hybridized carbons (Fsp3) is 0.950. The molecule has 1 atom stereocenters. The zero-order valence-electron chi connectivity index (χ0n) is 17.6. The van der Waals surface area contributed by atoms with Crippen LogP contribution in [0.2, 0.25) is 0 Å². The average Bonchev–Trinajstić information content (AvgIpc) is 2.58. The molecule has 1 amide bonds. The quantitative estimate of drug-likeness (QED) is 0.251. The largest absolute Gasteiger partial charge is 0.397 e. The molecule has 0 aliphatic rings. The van der Waals surface area contributed by atoms with Crippen LogP contribution in [-0.2, 0) is 19.4 Å². The van der Waals surface area contributed by atoms with Crippen molar-refractivity contribution in [3.05, 3.63) is 0 Å². The smallest absolute Gasteiger partial charge is 0.349 e.